The van der Waals surface area contributed by atoms with Crippen molar-refractivity contribution in [3.8, 4) is 0 Å². The molecule has 0 atom stereocenters. The minimum absolute atomic E-state index is 0.536. The van der Waals surface area contributed by atoms with Gasteiger partial charge in [-0.15, -0.1) is 0 Å². The van der Waals surface area contributed by atoms with Crippen LogP contribution >= 0.6 is 11.8 Å². The summed E-state index contributed by atoms with van der Waals surface area (Å²) in [7, 11) is 0. The van der Waals surface area contributed by atoms with E-state index in [9.17, 15) is 0 Å². The van der Waals surface area contributed by atoms with E-state index >= 15 is 0 Å². The monoisotopic (exact) mass is 328 g/mol. The molecule has 0 spiro atoms. The fourth-order valence-corrected chi connectivity index (χ4v) is 3.77. The highest BCUT2D eigenvalue weighted by molar-refractivity contribution is 7.99. The molecule has 0 saturated heterocycles. The van der Waals surface area contributed by atoms with Gasteiger partial charge >= 0.3 is 0 Å². The van der Waals surface area contributed by atoms with Crippen LogP contribution in [0.4, 0.5) is 0 Å². The first-order chi connectivity index (χ1) is 10.6. The molecule has 0 aliphatic carbocycles. The lowest BCUT2D eigenvalue weighted by Gasteiger charge is -2.17. The maximum absolute atomic E-state index is 2.36. The molecule has 0 unspecified atom stereocenters. The fourth-order valence-electron chi connectivity index (χ4n) is 2.87. The Kier molecular flexibility index (Phi) is 16.5. The van der Waals surface area contributed by atoms with E-state index in [0.717, 1.165) is 0 Å². The number of hydrogen-bond acceptors (Lipinski definition) is 1. The van der Waals surface area contributed by atoms with Crippen LogP contribution in [0.1, 0.15) is 118 Å². The standard InChI is InChI=1S/C21H44S/c1-5-19-22-20-17-15-13-11-9-7-6-8-10-12-14-16-18-21(2,3)4/h5-20H2,1-4H3. The predicted molar refractivity (Wildman–Crippen MR) is 107 cm³/mol. The summed E-state index contributed by atoms with van der Waals surface area (Å²) in [6.45, 7) is 9.35. The van der Waals surface area contributed by atoms with Gasteiger partial charge in [0.2, 0.25) is 0 Å². The van der Waals surface area contributed by atoms with Crippen molar-refractivity contribution in [2.45, 2.75) is 118 Å². The number of unbranched alkanes of at least 4 members (excludes halogenated alkanes) is 11. The summed E-state index contributed by atoms with van der Waals surface area (Å²) in [4.78, 5) is 0. The van der Waals surface area contributed by atoms with Crippen LogP contribution in [-0.2, 0) is 0 Å². The van der Waals surface area contributed by atoms with Crippen molar-refractivity contribution in [2.24, 2.45) is 5.41 Å². The zero-order chi connectivity index (χ0) is 16.5. The third-order valence-electron chi connectivity index (χ3n) is 4.31. The first-order valence-electron chi connectivity index (χ1n) is 10.1. The molecule has 0 nitrogen and oxygen atoms in total. The zero-order valence-electron chi connectivity index (χ0n) is 16.2. The van der Waals surface area contributed by atoms with Crippen LogP contribution in [0.25, 0.3) is 0 Å². The SMILES string of the molecule is CCCSCCCCCCCCCCCCCCC(C)(C)C. The van der Waals surface area contributed by atoms with Gasteiger partial charge in [0.15, 0.2) is 0 Å². The van der Waals surface area contributed by atoms with E-state index in [1.54, 1.807) is 0 Å². The molecule has 0 heterocycles. The Morgan fingerprint density at radius 1 is 0.545 bits per heavy atom. The van der Waals surface area contributed by atoms with Gasteiger partial charge in [-0.2, -0.15) is 11.8 Å². The Labute approximate surface area is 146 Å². The van der Waals surface area contributed by atoms with Gasteiger partial charge in [-0.05, 0) is 36.2 Å². The van der Waals surface area contributed by atoms with E-state index in [1.165, 1.54) is 101 Å². The Morgan fingerprint density at radius 2 is 0.955 bits per heavy atom. The van der Waals surface area contributed by atoms with Gasteiger partial charge in [0.1, 0.15) is 0 Å². The molecule has 0 N–H and O–H groups in total. The predicted octanol–water partition coefficient (Wildman–Crippen LogP) is 8.25. The van der Waals surface area contributed by atoms with E-state index < -0.39 is 0 Å². The largest absolute Gasteiger partial charge is 0.162 e. The summed E-state index contributed by atoms with van der Waals surface area (Å²) in [5, 5.41) is 0. The highest BCUT2D eigenvalue weighted by atomic mass is 32.2. The first-order valence-corrected chi connectivity index (χ1v) is 11.3. The van der Waals surface area contributed by atoms with E-state index in [4.69, 9.17) is 0 Å². The van der Waals surface area contributed by atoms with Crippen LogP contribution in [0.5, 0.6) is 0 Å². The summed E-state index contributed by atoms with van der Waals surface area (Å²) in [5.74, 6) is 2.75. The smallest absolute Gasteiger partial charge is 0.00675 e. The Hall–Kier alpha value is 0.350. The molecule has 0 radical (unpaired) electrons. The van der Waals surface area contributed by atoms with Crippen LogP contribution in [0.15, 0.2) is 0 Å². The molecule has 134 valence electrons. The second kappa shape index (κ2) is 16.2. The average Bonchev–Trinajstić information content (AvgIpc) is 2.45. The van der Waals surface area contributed by atoms with Crippen LogP contribution in [0.3, 0.4) is 0 Å². The van der Waals surface area contributed by atoms with E-state index in [1.807, 2.05) is 0 Å². The van der Waals surface area contributed by atoms with Gasteiger partial charge < -0.3 is 0 Å². The van der Waals surface area contributed by atoms with Crippen molar-refractivity contribution < 1.29 is 0 Å². The molecule has 1 heteroatoms. The number of hydrogen-bond donors (Lipinski definition) is 0. The lowest BCUT2D eigenvalue weighted by Crippen LogP contribution is -2.03. The summed E-state index contributed by atoms with van der Waals surface area (Å²) in [6.07, 6.45) is 20.3. The van der Waals surface area contributed by atoms with Gasteiger partial charge in [0.05, 0.1) is 0 Å². The fraction of sp³-hybridized carbons (Fsp3) is 1.00. The van der Waals surface area contributed by atoms with Crippen molar-refractivity contribution >= 4 is 11.8 Å². The Morgan fingerprint density at radius 3 is 1.36 bits per heavy atom. The zero-order valence-corrected chi connectivity index (χ0v) is 17.0. The van der Waals surface area contributed by atoms with Crippen LogP contribution in [-0.4, -0.2) is 11.5 Å². The van der Waals surface area contributed by atoms with Crippen LogP contribution < -0.4 is 0 Å². The number of thioether (sulfide) groups is 1. The lowest BCUT2D eigenvalue weighted by atomic mass is 9.89. The van der Waals surface area contributed by atoms with Crippen LogP contribution in [0.2, 0.25) is 0 Å². The van der Waals surface area contributed by atoms with Crippen molar-refractivity contribution in [1.29, 1.82) is 0 Å². The molecular formula is C21H44S. The minimum atomic E-state index is 0.536. The lowest BCUT2D eigenvalue weighted by molar-refractivity contribution is 0.356. The second-order valence-electron chi connectivity index (χ2n) is 8.17. The molecule has 0 rings (SSSR count). The number of rotatable bonds is 16. The molecule has 0 amide bonds. The van der Waals surface area contributed by atoms with E-state index in [0.29, 0.717) is 5.41 Å². The van der Waals surface area contributed by atoms with Gasteiger partial charge in [0, 0.05) is 0 Å². The average molecular weight is 329 g/mol. The summed E-state index contributed by atoms with van der Waals surface area (Å²) >= 11 is 2.14. The summed E-state index contributed by atoms with van der Waals surface area (Å²) < 4.78 is 0. The van der Waals surface area contributed by atoms with E-state index in [-0.39, 0.29) is 0 Å². The highest BCUT2D eigenvalue weighted by Crippen LogP contribution is 2.22. The van der Waals surface area contributed by atoms with Crippen molar-refractivity contribution in [1.82, 2.24) is 0 Å². The molecule has 0 aromatic heterocycles. The topological polar surface area (TPSA) is 0 Å². The minimum Gasteiger partial charge on any atom is -0.162 e. The molecule has 22 heavy (non-hydrogen) atoms. The maximum atomic E-state index is 2.36. The Bertz CT molecular complexity index is 204. The van der Waals surface area contributed by atoms with Crippen LogP contribution in [0, 0.1) is 5.41 Å². The molecule has 0 fully saturated rings. The molecule has 0 aromatic rings. The van der Waals surface area contributed by atoms with Gasteiger partial charge in [-0.1, -0.05) is 98.3 Å². The molecule has 0 bridgehead atoms. The summed E-state index contributed by atoms with van der Waals surface area (Å²) in [5.41, 5.74) is 0.536. The van der Waals surface area contributed by atoms with Crippen molar-refractivity contribution in [3.05, 3.63) is 0 Å². The molecule has 0 aliphatic heterocycles. The normalized spacial score (nSPS) is 12.0. The van der Waals surface area contributed by atoms with E-state index in [2.05, 4.69) is 39.5 Å². The molecular weight excluding hydrogens is 284 g/mol. The third kappa shape index (κ3) is 20.3. The van der Waals surface area contributed by atoms with Crippen molar-refractivity contribution in [2.75, 3.05) is 11.5 Å². The third-order valence-corrected chi connectivity index (χ3v) is 5.59. The molecule has 0 aromatic carbocycles. The van der Waals surface area contributed by atoms with Gasteiger partial charge in [-0.3, -0.25) is 0 Å². The molecule has 0 aliphatic rings. The van der Waals surface area contributed by atoms with Gasteiger partial charge in [-0.25, -0.2) is 0 Å². The summed E-state index contributed by atoms with van der Waals surface area (Å²) in [6, 6.07) is 0. The highest BCUT2D eigenvalue weighted by Gasteiger charge is 2.08. The van der Waals surface area contributed by atoms with Gasteiger partial charge in [0.25, 0.3) is 0 Å². The Balaban J connectivity index is 3.00. The van der Waals surface area contributed by atoms with Crippen molar-refractivity contribution in [3.63, 3.8) is 0 Å². The quantitative estimate of drug-likeness (QED) is 0.257. The first kappa shape index (κ1) is 22.4. The second-order valence-corrected chi connectivity index (χ2v) is 9.39. The molecule has 0 saturated carbocycles. The maximum Gasteiger partial charge on any atom is -0.00675 e.